The van der Waals surface area contributed by atoms with E-state index >= 15 is 0 Å². The van der Waals surface area contributed by atoms with Gasteiger partial charge in [0.25, 0.3) is 0 Å². The Bertz CT molecular complexity index is 782. The second kappa shape index (κ2) is 13.0. The summed E-state index contributed by atoms with van der Waals surface area (Å²) in [6, 6.07) is 18.4. The van der Waals surface area contributed by atoms with Crippen LogP contribution in [0.2, 0.25) is 0 Å². The van der Waals surface area contributed by atoms with Crippen LogP contribution in [0.25, 0.3) is 0 Å². The molecule has 1 saturated heterocycles. The Kier molecular flexibility index (Phi) is 10.1. The van der Waals surface area contributed by atoms with Crippen molar-refractivity contribution in [3.8, 4) is 0 Å². The Balaban J connectivity index is 1.39. The van der Waals surface area contributed by atoms with Crippen molar-refractivity contribution in [3.63, 3.8) is 0 Å². The van der Waals surface area contributed by atoms with Crippen LogP contribution in [0.1, 0.15) is 69.1 Å². The zero-order valence-electron chi connectivity index (χ0n) is 19.9. The minimum atomic E-state index is 0.918. The van der Waals surface area contributed by atoms with Gasteiger partial charge in [-0.2, -0.15) is 0 Å². The van der Waals surface area contributed by atoms with E-state index in [0.717, 1.165) is 25.2 Å². The summed E-state index contributed by atoms with van der Waals surface area (Å²) in [4.78, 5) is 4.03. The molecule has 0 saturated carbocycles. The summed E-state index contributed by atoms with van der Waals surface area (Å²) in [5, 5.41) is 0. The molecule has 168 valence electrons. The van der Waals surface area contributed by atoms with Crippen molar-refractivity contribution in [1.29, 1.82) is 0 Å². The van der Waals surface area contributed by atoms with Gasteiger partial charge in [0.15, 0.2) is 0 Å². The van der Waals surface area contributed by atoms with E-state index < -0.39 is 0 Å². The molecule has 0 bridgehead atoms. The molecule has 2 aromatic carbocycles. The third-order valence-electron chi connectivity index (χ3n) is 6.76. The predicted molar refractivity (Wildman–Crippen MR) is 138 cm³/mol. The Morgan fingerprint density at radius 1 is 0.903 bits per heavy atom. The van der Waals surface area contributed by atoms with Gasteiger partial charge in [-0.05, 0) is 79.5 Å². The van der Waals surface area contributed by atoms with Crippen LogP contribution in [-0.2, 0) is 19.3 Å². The van der Waals surface area contributed by atoms with Crippen LogP contribution < -0.4 is 0 Å². The number of thioether (sulfide) groups is 1. The highest BCUT2D eigenvalue weighted by Gasteiger charge is 2.20. The molecule has 0 aliphatic carbocycles. The number of hydrogen-bond donors (Lipinski definition) is 0. The van der Waals surface area contributed by atoms with Crippen molar-refractivity contribution in [2.45, 2.75) is 76.5 Å². The van der Waals surface area contributed by atoms with Crippen LogP contribution in [0.4, 0.5) is 0 Å². The number of piperidine rings is 1. The Hall–Kier alpha value is -1.67. The van der Waals surface area contributed by atoms with E-state index in [0.29, 0.717) is 0 Å². The predicted octanol–water partition coefficient (Wildman–Crippen LogP) is 7.93. The highest BCUT2D eigenvalue weighted by atomic mass is 32.2. The lowest BCUT2D eigenvalue weighted by Gasteiger charge is -2.35. The van der Waals surface area contributed by atoms with Gasteiger partial charge in [0, 0.05) is 30.1 Å². The minimum absolute atomic E-state index is 0.918. The molecule has 3 rings (SSSR count). The molecule has 31 heavy (non-hydrogen) atoms. The van der Waals surface area contributed by atoms with Gasteiger partial charge >= 0.3 is 0 Å². The summed E-state index contributed by atoms with van der Waals surface area (Å²) in [5.41, 5.74) is 5.92. The molecule has 1 fully saturated rings. The Morgan fingerprint density at radius 2 is 1.55 bits per heavy atom. The van der Waals surface area contributed by atoms with Crippen molar-refractivity contribution in [3.05, 3.63) is 77.0 Å². The summed E-state index contributed by atoms with van der Waals surface area (Å²) in [6.45, 7) is 6.96. The number of hydrogen-bond acceptors (Lipinski definition) is 2. The van der Waals surface area contributed by atoms with Crippen molar-refractivity contribution >= 4 is 11.8 Å². The average Bonchev–Trinajstić information content (AvgIpc) is 2.83. The fraction of sp³-hybridized carbons (Fsp3) is 0.517. The highest BCUT2D eigenvalue weighted by Crippen LogP contribution is 2.27. The van der Waals surface area contributed by atoms with Gasteiger partial charge in [0.2, 0.25) is 0 Å². The summed E-state index contributed by atoms with van der Waals surface area (Å²) < 4.78 is 0. The topological polar surface area (TPSA) is 3.24 Å². The van der Waals surface area contributed by atoms with Gasteiger partial charge in [0.1, 0.15) is 0 Å². The lowest BCUT2D eigenvalue weighted by atomic mass is 9.90. The number of aryl methyl sites for hydroxylation is 2. The zero-order chi connectivity index (χ0) is 21.9. The van der Waals surface area contributed by atoms with Gasteiger partial charge in [-0.1, -0.05) is 69.2 Å². The van der Waals surface area contributed by atoms with Crippen LogP contribution >= 0.6 is 11.8 Å². The third kappa shape index (κ3) is 7.75. The second-order valence-electron chi connectivity index (χ2n) is 8.97. The van der Waals surface area contributed by atoms with Gasteiger partial charge in [0.05, 0.1) is 0 Å². The zero-order valence-corrected chi connectivity index (χ0v) is 20.7. The molecule has 0 amide bonds. The molecule has 1 aliphatic rings. The largest absolute Gasteiger partial charge is 0.375 e. The fourth-order valence-electron chi connectivity index (χ4n) is 4.71. The first kappa shape index (κ1) is 24.0. The minimum Gasteiger partial charge on any atom is -0.375 e. The Morgan fingerprint density at radius 3 is 2.16 bits per heavy atom. The second-order valence-corrected chi connectivity index (χ2v) is 9.85. The molecule has 2 aromatic rings. The molecule has 1 aliphatic heterocycles. The van der Waals surface area contributed by atoms with Gasteiger partial charge in [-0.3, -0.25) is 0 Å². The molecular formula is C29H41NS. The summed E-state index contributed by atoms with van der Waals surface area (Å²) in [6.07, 6.45) is 16.0. The normalized spacial score (nSPS) is 15.5. The van der Waals surface area contributed by atoms with E-state index in [-0.39, 0.29) is 0 Å². The van der Waals surface area contributed by atoms with E-state index in [1.54, 1.807) is 5.70 Å². The van der Waals surface area contributed by atoms with Crippen LogP contribution in [0.3, 0.4) is 0 Å². The monoisotopic (exact) mass is 435 g/mol. The summed E-state index contributed by atoms with van der Waals surface area (Å²) in [5.74, 6) is 0.918. The first-order chi connectivity index (χ1) is 15.2. The first-order valence-corrected chi connectivity index (χ1v) is 13.6. The number of likely N-dealkylation sites (tertiary alicyclic amines) is 1. The standard InChI is InChI=1S/C29H41NS/c1-4-8-28(23-27-13-11-24(5-2)12-14-27)30-21-19-26(20-22-30)10-7-6-9-25-15-17-29(31-3)18-16-25/h8,11-18,26H,4-7,9-10,19-23H2,1-3H3. The lowest BCUT2D eigenvalue weighted by molar-refractivity contribution is 0.212. The quantitative estimate of drug-likeness (QED) is 0.260. The molecule has 0 spiro atoms. The molecule has 1 nitrogen and oxygen atoms in total. The van der Waals surface area contributed by atoms with E-state index in [2.05, 4.69) is 79.6 Å². The van der Waals surface area contributed by atoms with Crippen LogP contribution in [0.15, 0.2) is 65.2 Å². The van der Waals surface area contributed by atoms with Gasteiger partial charge < -0.3 is 4.90 Å². The molecule has 2 heteroatoms. The van der Waals surface area contributed by atoms with E-state index in [4.69, 9.17) is 0 Å². The van der Waals surface area contributed by atoms with Crippen LogP contribution in [0.5, 0.6) is 0 Å². The van der Waals surface area contributed by atoms with Crippen molar-refractivity contribution in [2.24, 2.45) is 5.92 Å². The molecular weight excluding hydrogens is 394 g/mol. The van der Waals surface area contributed by atoms with E-state index in [1.165, 1.54) is 73.2 Å². The number of unbranched alkanes of at least 4 members (excludes halogenated alkanes) is 1. The van der Waals surface area contributed by atoms with Crippen LogP contribution in [0, 0.1) is 5.92 Å². The fourth-order valence-corrected chi connectivity index (χ4v) is 5.12. The van der Waals surface area contributed by atoms with Crippen LogP contribution in [-0.4, -0.2) is 24.2 Å². The Labute approximate surface area is 195 Å². The summed E-state index contributed by atoms with van der Waals surface area (Å²) >= 11 is 1.82. The maximum absolute atomic E-state index is 2.67. The number of benzene rings is 2. The third-order valence-corrected chi connectivity index (χ3v) is 7.51. The number of rotatable bonds is 11. The average molecular weight is 436 g/mol. The van der Waals surface area contributed by atoms with E-state index in [1.807, 2.05) is 11.8 Å². The van der Waals surface area contributed by atoms with Gasteiger partial charge in [-0.15, -0.1) is 11.8 Å². The number of allylic oxidation sites excluding steroid dienone is 2. The van der Waals surface area contributed by atoms with Crippen molar-refractivity contribution in [2.75, 3.05) is 19.3 Å². The van der Waals surface area contributed by atoms with Gasteiger partial charge in [-0.25, -0.2) is 0 Å². The molecule has 0 aromatic heterocycles. The van der Waals surface area contributed by atoms with Crippen molar-refractivity contribution in [1.82, 2.24) is 4.90 Å². The smallest absolute Gasteiger partial charge is 0.0177 e. The molecule has 0 unspecified atom stereocenters. The summed E-state index contributed by atoms with van der Waals surface area (Å²) in [7, 11) is 0. The maximum atomic E-state index is 2.67. The SMILES string of the molecule is CCC=C(Cc1ccc(CC)cc1)N1CCC(CCCCc2ccc(SC)cc2)CC1. The molecule has 1 heterocycles. The van der Waals surface area contributed by atoms with E-state index in [9.17, 15) is 0 Å². The maximum Gasteiger partial charge on any atom is 0.0177 e. The number of nitrogens with zero attached hydrogens (tertiary/aromatic N) is 1. The highest BCUT2D eigenvalue weighted by molar-refractivity contribution is 7.98. The molecule has 0 N–H and O–H groups in total. The van der Waals surface area contributed by atoms with Crippen molar-refractivity contribution < 1.29 is 0 Å². The first-order valence-electron chi connectivity index (χ1n) is 12.4. The molecule has 0 atom stereocenters. The molecule has 0 radical (unpaired) electrons. The lowest BCUT2D eigenvalue weighted by Crippen LogP contribution is -2.33.